The molecule has 0 radical (unpaired) electrons. The third-order valence-corrected chi connectivity index (χ3v) is 3.49. The molecule has 0 saturated carbocycles. The number of anilines is 2. The van der Waals surface area contributed by atoms with Crippen molar-refractivity contribution in [3.05, 3.63) is 53.9 Å². The van der Waals surface area contributed by atoms with Crippen LogP contribution in [0.5, 0.6) is 0 Å². The summed E-state index contributed by atoms with van der Waals surface area (Å²) in [4.78, 5) is 14.1. The van der Waals surface area contributed by atoms with Gasteiger partial charge in [0.2, 0.25) is 11.9 Å². The SMILES string of the molecule is CN(C)c1nc(N)nc(/C(C#N)=C/c2ccc3ccccc3c2)n1. The van der Waals surface area contributed by atoms with Gasteiger partial charge in [0.1, 0.15) is 6.07 Å². The molecule has 0 saturated heterocycles. The molecule has 0 aliphatic rings. The summed E-state index contributed by atoms with van der Waals surface area (Å²) in [5, 5.41) is 11.8. The van der Waals surface area contributed by atoms with E-state index in [1.54, 1.807) is 25.1 Å². The Bertz CT molecular complexity index is 969. The molecule has 0 bridgehead atoms. The van der Waals surface area contributed by atoms with Gasteiger partial charge in [-0.1, -0.05) is 36.4 Å². The molecule has 6 heteroatoms. The van der Waals surface area contributed by atoms with Crippen molar-refractivity contribution in [2.75, 3.05) is 24.7 Å². The number of nitrogens with two attached hydrogens (primary N) is 1. The monoisotopic (exact) mass is 316 g/mol. The Kier molecular flexibility index (Phi) is 4.08. The van der Waals surface area contributed by atoms with Crippen molar-refractivity contribution in [3.63, 3.8) is 0 Å². The molecule has 24 heavy (non-hydrogen) atoms. The zero-order valence-electron chi connectivity index (χ0n) is 13.4. The van der Waals surface area contributed by atoms with Crippen molar-refractivity contribution in [1.29, 1.82) is 5.26 Å². The predicted molar refractivity (Wildman–Crippen MR) is 96.0 cm³/mol. The zero-order chi connectivity index (χ0) is 17.1. The largest absolute Gasteiger partial charge is 0.368 e. The van der Waals surface area contributed by atoms with Crippen LogP contribution in [-0.4, -0.2) is 29.0 Å². The maximum absolute atomic E-state index is 9.50. The number of nitrogens with zero attached hydrogens (tertiary/aromatic N) is 5. The molecule has 1 aromatic heterocycles. The van der Waals surface area contributed by atoms with Gasteiger partial charge in [-0.15, -0.1) is 0 Å². The molecule has 6 nitrogen and oxygen atoms in total. The van der Waals surface area contributed by atoms with E-state index < -0.39 is 0 Å². The summed E-state index contributed by atoms with van der Waals surface area (Å²) in [7, 11) is 3.61. The fourth-order valence-corrected chi connectivity index (χ4v) is 2.31. The van der Waals surface area contributed by atoms with E-state index in [0.29, 0.717) is 11.5 Å². The number of aromatic nitrogens is 3. The fraction of sp³-hybridized carbons (Fsp3) is 0.111. The summed E-state index contributed by atoms with van der Waals surface area (Å²) >= 11 is 0. The quantitative estimate of drug-likeness (QED) is 0.747. The van der Waals surface area contributed by atoms with Crippen LogP contribution in [-0.2, 0) is 0 Å². The van der Waals surface area contributed by atoms with E-state index in [-0.39, 0.29) is 11.8 Å². The first-order valence-corrected chi connectivity index (χ1v) is 7.36. The Morgan fingerprint density at radius 2 is 1.83 bits per heavy atom. The molecule has 0 fully saturated rings. The summed E-state index contributed by atoms with van der Waals surface area (Å²) in [5.74, 6) is 0.766. The lowest BCUT2D eigenvalue weighted by molar-refractivity contribution is 0.952. The Morgan fingerprint density at radius 3 is 2.54 bits per heavy atom. The second kappa shape index (κ2) is 6.34. The van der Waals surface area contributed by atoms with Crippen LogP contribution in [0.1, 0.15) is 11.4 Å². The van der Waals surface area contributed by atoms with Crippen molar-refractivity contribution >= 4 is 34.3 Å². The van der Waals surface area contributed by atoms with E-state index >= 15 is 0 Å². The number of hydrogen-bond donors (Lipinski definition) is 1. The number of benzene rings is 2. The second-order valence-electron chi connectivity index (χ2n) is 5.49. The fourth-order valence-electron chi connectivity index (χ4n) is 2.31. The van der Waals surface area contributed by atoms with Gasteiger partial charge >= 0.3 is 0 Å². The number of nitriles is 1. The highest BCUT2D eigenvalue weighted by Gasteiger charge is 2.10. The Labute approximate surface area is 139 Å². The lowest BCUT2D eigenvalue weighted by Gasteiger charge is -2.11. The number of allylic oxidation sites excluding steroid dienone is 1. The third-order valence-electron chi connectivity index (χ3n) is 3.49. The van der Waals surface area contributed by atoms with Crippen LogP contribution < -0.4 is 10.6 Å². The van der Waals surface area contributed by atoms with Crippen LogP contribution in [0.15, 0.2) is 42.5 Å². The standard InChI is InChI=1S/C18H16N6/c1-24(2)18-22-16(21-17(20)23-18)15(11-19)10-12-7-8-13-5-3-4-6-14(13)9-12/h3-10H,1-2H3,(H2,20,21,22,23)/b15-10+. The van der Waals surface area contributed by atoms with E-state index in [1.165, 1.54) is 0 Å². The van der Waals surface area contributed by atoms with Gasteiger partial charge < -0.3 is 10.6 Å². The number of hydrogen-bond acceptors (Lipinski definition) is 6. The van der Waals surface area contributed by atoms with Gasteiger partial charge in [-0.2, -0.15) is 20.2 Å². The van der Waals surface area contributed by atoms with Crippen LogP contribution in [0.25, 0.3) is 22.4 Å². The average molecular weight is 316 g/mol. The molecule has 3 aromatic rings. The molecule has 3 rings (SSSR count). The van der Waals surface area contributed by atoms with Crippen LogP contribution in [0.3, 0.4) is 0 Å². The molecule has 0 aliphatic heterocycles. The molecular formula is C18H16N6. The average Bonchev–Trinajstić information content (AvgIpc) is 2.59. The molecule has 118 valence electrons. The summed E-state index contributed by atoms with van der Waals surface area (Å²) in [6.07, 6.45) is 1.75. The molecule has 0 unspecified atom stereocenters. The van der Waals surface area contributed by atoms with E-state index in [0.717, 1.165) is 16.3 Å². The summed E-state index contributed by atoms with van der Waals surface area (Å²) in [5.41, 5.74) is 6.97. The van der Waals surface area contributed by atoms with Crippen LogP contribution in [0, 0.1) is 11.3 Å². The lowest BCUT2D eigenvalue weighted by Crippen LogP contribution is -2.15. The zero-order valence-corrected chi connectivity index (χ0v) is 13.4. The molecule has 0 amide bonds. The predicted octanol–water partition coefficient (Wildman–Crippen LogP) is 2.74. The van der Waals surface area contributed by atoms with Gasteiger partial charge in [-0.3, -0.25) is 0 Å². The molecule has 0 atom stereocenters. The minimum absolute atomic E-state index is 0.0864. The van der Waals surface area contributed by atoms with E-state index in [2.05, 4.69) is 21.0 Å². The van der Waals surface area contributed by atoms with Crippen LogP contribution >= 0.6 is 0 Å². The molecule has 0 spiro atoms. The van der Waals surface area contributed by atoms with Gasteiger partial charge in [-0.25, -0.2) is 0 Å². The Hall–Kier alpha value is -3.46. The van der Waals surface area contributed by atoms with E-state index in [9.17, 15) is 5.26 Å². The molecule has 2 N–H and O–H groups in total. The molecular weight excluding hydrogens is 300 g/mol. The van der Waals surface area contributed by atoms with E-state index in [1.807, 2.05) is 42.5 Å². The van der Waals surface area contributed by atoms with Gasteiger partial charge in [0.05, 0.1) is 5.57 Å². The summed E-state index contributed by atoms with van der Waals surface area (Å²) in [6, 6.07) is 16.2. The highest BCUT2D eigenvalue weighted by Crippen LogP contribution is 2.20. The smallest absolute Gasteiger partial charge is 0.230 e. The maximum Gasteiger partial charge on any atom is 0.230 e. The highest BCUT2D eigenvalue weighted by atomic mass is 15.3. The highest BCUT2D eigenvalue weighted by molar-refractivity contribution is 5.91. The first-order chi connectivity index (χ1) is 11.6. The second-order valence-corrected chi connectivity index (χ2v) is 5.49. The number of nitrogen functional groups attached to an aromatic ring is 1. The lowest BCUT2D eigenvalue weighted by atomic mass is 10.1. The van der Waals surface area contributed by atoms with Gasteiger partial charge in [0.15, 0.2) is 5.82 Å². The Morgan fingerprint density at radius 1 is 1.08 bits per heavy atom. The molecule has 1 heterocycles. The van der Waals surface area contributed by atoms with Crippen molar-refractivity contribution < 1.29 is 0 Å². The van der Waals surface area contributed by atoms with Gasteiger partial charge in [0, 0.05) is 14.1 Å². The van der Waals surface area contributed by atoms with Crippen molar-refractivity contribution in [3.8, 4) is 6.07 Å². The molecule has 2 aromatic carbocycles. The Balaban J connectivity index is 2.07. The van der Waals surface area contributed by atoms with E-state index in [4.69, 9.17) is 5.73 Å². The summed E-state index contributed by atoms with van der Waals surface area (Å²) in [6.45, 7) is 0. The normalized spacial score (nSPS) is 11.3. The summed E-state index contributed by atoms with van der Waals surface area (Å²) < 4.78 is 0. The molecule has 0 aliphatic carbocycles. The maximum atomic E-state index is 9.50. The van der Waals surface area contributed by atoms with Crippen molar-refractivity contribution in [1.82, 2.24) is 15.0 Å². The van der Waals surface area contributed by atoms with Crippen molar-refractivity contribution in [2.24, 2.45) is 0 Å². The first kappa shape index (κ1) is 15.4. The first-order valence-electron chi connectivity index (χ1n) is 7.36. The minimum Gasteiger partial charge on any atom is -0.368 e. The van der Waals surface area contributed by atoms with Crippen LogP contribution in [0.4, 0.5) is 11.9 Å². The third kappa shape index (κ3) is 3.15. The topological polar surface area (TPSA) is 91.7 Å². The van der Waals surface area contributed by atoms with Gasteiger partial charge in [0.25, 0.3) is 0 Å². The van der Waals surface area contributed by atoms with Crippen molar-refractivity contribution in [2.45, 2.75) is 0 Å². The van der Waals surface area contributed by atoms with Crippen LogP contribution in [0.2, 0.25) is 0 Å². The minimum atomic E-state index is 0.0864. The number of fused-ring (bicyclic) bond motifs is 1. The van der Waals surface area contributed by atoms with Gasteiger partial charge in [-0.05, 0) is 28.5 Å². The number of rotatable bonds is 3.